The first-order valence-electron chi connectivity index (χ1n) is 12.2. The zero-order chi connectivity index (χ0) is 27.7. The fourth-order valence-electron chi connectivity index (χ4n) is 3.98. The molecule has 0 spiro atoms. The number of carboxylic acid groups (broad SMARTS) is 1. The number of hydrogen-bond acceptors (Lipinski definition) is 11. The second-order valence-electron chi connectivity index (χ2n) is 8.92. The summed E-state index contributed by atoms with van der Waals surface area (Å²) in [4.78, 5) is 25.3. The van der Waals surface area contributed by atoms with E-state index in [1.807, 2.05) is 29.2 Å². The lowest BCUT2D eigenvalue weighted by Gasteiger charge is -2.32. The number of aliphatic carboxylic acids is 1. The van der Waals surface area contributed by atoms with Crippen molar-refractivity contribution in [3.8, 4) is 0 Å². The average molecular weight is 551 g/mol. The van der Waals surface area contributed by atoms with Crippen LogP contribution in [-0.4, -0.2) is 104 Å². The predicted octanol–water partition coefficient (Wildman–Crippen LogP) is -0.135. The van der Waals surface area contributed by atoms with Crippen LogP contribution in [0.1, 0.15) is 18.2 Å². The predicted molar refractivity (Wildman–Crippen MR) is 142 cm³/mol. The maximum Gasteiger partial charge on any atom is 0.320 e. The van der Waals surface area contributed by atoms with E-state index in [1.165, 1.54) is 24.3 Å². The van der Waals surface area contributed by atoms with E-state index in [0.717, 1.165) is 18.5 Å². The minimum absolute atomic E-state index is 0.156. The van der Waals surface area contributed by atoms with Crippen LogP contribution >= 0.6 is 11.6 Å². The Kier molecular flexibility index (Phi) is 11.2. The summed E-state index contributed by atoms with van der Waals surface area (Å²) in [6, 6.07) is 6.63. The number of benzene rings is 1. The highest BCUT2D eigenvalue weighted by Crippen LogP contribution is 2.22. The van der Waals surface area contributed by atoms with Crippen LogP contribution in [0.15, 0.2) is 36.9 Å². The number of fused-ring (bicyclic) bond motifs is 1. The second-order valence-corrected chi connectivity index (χ2v) is 9.36. The summed E-state index contributed by atoms with van der Waals surface area (Å²) >= 11 is 5.93. The van der Waals surface area contributed by atoms with Crippen molar-refractivity contribution >= 4 is 34.6 Å². The number of carboxylic acids is 1. The molecule has 0 saturated heterocycles. The van der Waals surface area contributed by atoms with Crippen molar-refractivity contribution in [2.24, 2.45) is 5.73 Å². The van der Waals surface area contributed by atoms with Gasteiger partial charge in [0.25, 0.3) is 0 Å². The lowest BCUT2D eigenvalue weighted by atomic mass is 10.1. The van der Waals surface area contributed by atoms with Crippen molar-refractivity contribution in [1.82, 2.24) is 29.7 Å². The van der Waals surface area contributed by atoms with Gasteiger partial charge in [-0.05, 0) is 37.1 Å². The Bertz CT molecular complexity index is 1160. The number of halogens is 1. The number of aliphatic hydroxyl groups excluding tert-OH is 2. The number of methoxy groups -OCH3 is 1. The van der Waals surface area contributed by atoms with E-state index in [2.05, 4.69) is 20.3 Å². The number of carbonyl (C=O) groups is 1. The van der Waals surface area contributed by atoms with Crippen molar-refractivity contribution in [3.63, 3.8) is 0 Å². The molecule has 38 heavy (non-hydrogen) atoms. The minimum Gasteiger partial charge on any atom is -0.480 e. The van der Waals surface area contributed by atoms with Crippen LogP contribution in [0.4, 0.5) is 5.82 Å². The number of rotatable bonds is 16. The molecule has 0 aliphatic carbocycles. The third kappa shape index (κ3) is 8.04. The Morgan fingerprint density at radius 2 is 1.92 bits per heavy atom. The number of hydrogen-bond donors (Lipinski definition) is 6. The molecule has 2 heterocycles. The van der Waals surface area contributed by atoms with Gasteiger partial charge in [0.1, 0.15) is 30.1 Å². The van der Waals surface area contributed by atoms with Crippen LogP contribution in [0.3, 0.4) is 0 Å². The van der Waals surface area contributed by atoms with Crippen LogP contribution in [0.2, 0.25) is 5.02 Å². The number of nitrogens with zero attached hydrogens (tertiary/aromatic N) is 5. The lowest BCUT2D eigenvalue weighted by Crippen LogP contribution is -2.47. The number of nitrogens with one attached hydrogen (secondary N) is 1. The number of ether oxygens (including phenoxy) is 1. The van der Waals surface area contributed by atoms with Gasteiger partial charge in [0.05, 0.1) is 6.33 Å². The molecule has 0 radical (unpaired) electrons. The zero-order valence-corrected chi connectivity index (χ0v) is 21.9. The van der Waals surface area contributed by atoms with Gasteiger partial charge in [0.15, 0.2) is 17.7 Å². The number of anilines is 1. The molecule has 2 aromatic heterocycles. The molecule has 0 amide bonds. The minimum atomic E-state index is -1.43. The summed E-state index contributed by atoms with van der Waals surface area (Å²) in [6.07, 6.45) is -0.0172. The van der Waals surface area contributed by atoms with E-state index < -0.39 is 30.4 Å². The maximum atomic E-state index is 11.2. The van der Waals surface area contributed by atoms with E-state index in [4.69, 9.17) is 27.8 Å². The fraction of sp³-hybridized carbons (Fsp3) is 0.500. The van der Waals surface area contributed by atoms with Crippen molar-refractivity contribution in [2.45, 2.75) is 37.3 Å². The standard InChI is InChI=1S/C24H35ClN8O5/c1-38-18(20(34)23(35)33-14-31-19-21(27)29-13-30-22(19)33)12-32(10-7-17(26)24(36)37)11-9-28-8-6-15-2-4-16(25)5-3-15/h2-5,13-14,17-18,20,23,28,34-35H,6-12,26H2,1H3,(H,36,37)(H2,27,29,30)/t17-,18+,20+,23+/m0/s1. The van der Waals surface area contributed by atoms with E-state index in [-0.39, 0.29) is 24.4 Å². The van der Waals surface area contributed by atoms with Crippen molar-refractivity contribution in [3.05, 3.63) is 47.5 Å². The molecule has 13 nitrogen and oxygen atoms in total. The van der Waals surface area contributed by atoms with Crippen molar-refractivity contribution < 1.29 is 24.9 Å². The largest absolute Gasteiger partial charge is 0.480 e. The topological polar surface area (TPSA) is 198 Å². The van der Waals surface area contributed by atoms with Gasteiger partial charge in [0.2, 0.25) is 0 Å². The Morgan fingerprint density at radius 3 is 2.61 bits per heavy atom. The molecule has 0 bridgehead atoms. The Labute approximate surface area is 225 Å². The van der Waals surface area contributed by atoms with Gasteiger partial charge >= 0.3 is 5.97 Å². The Hall–Kier alpha value is -2.91. The summed E-state index contributed by atoms with van der Waals surface area (Å²) in [7, 11) is 1.43. The van der Waals surface area contributed by atoms with Gasteiger partial charge in [0, 0.05) is 38.3 Å². The van der Waals surface area contributed by atoms with Crippen LogP contribution < -0.4 is 16.8 Å². The fourth-order valence-corrected chi connectivity index (χ4v) is 4.11. The van der Waals surface area contributed by atoms with Crippen LogP contribution in [0.25, 0.3) is 11.2 Å². The van der Waals surface area contributed by atoms with E-state index in [9.17, 15) is 20.1 Å². The number of aliphatic hydroxyl groups is 2. The summed E-state index contributed by atoms with van der Waals surface area (Å²) in [6.45, 7) is 2.44. The maximum absolute atomic E-state index is 11.2. The number of nitrogen functional groups attached to an aromatic ring is 1. The van der Waals surface area contributed by atoms with Crippen LogP contribution in [0.5, 0.6) is 0 Å². The van der Waals surface area contributed by atoms with Crippen molar-refractivity contribution in [1.29, 1.82) is 0 Å². The van der Waals surface area contributed by atoms with Gasteiger partial charge in [-0.25, -0.2) is 15.0 Å². The molecule has 3 aromatic rings. The van der Waals surface area contributed by atoms with Gasteiger partial charge in [-0.15, -0.1) is 0 Å². The highest BCUT2D eigenvalue weighted by molar-refractivity contribution is 6.30. The molecule has 3 rings (SSSR count). The van der Waals surface area contributed by atoms with Gasteiger partial charge in [-0.2, -0.15) is 0 Å². The van der Waals surface area contributed by atoms with Gasteiger partial charge in [-0.1, -0.05) is 23.7 Å². The summed E-state index contributed by atoms with van der Waals surface area (Å²) in [5.74, 6) is -0.929. The first kappa shape index (κ1) is 29.6. The zero-order valence-electron chi connectivity index (χ0n) is 21.2. The highest BCUT2D eigenvalue weighted by Gasteiger charge is 2.31. The van der Waals surface area contributed by atoms with E-state index in [0.29, 0.717) is 30.2 Å². The molecule has 1 aromatic carbocycles. The average Bonchev–Trinajstić information content (AvgIpc) is 3.35. The van der Waals surface area contributed by atoms with E-state index >= 15 is 0 Å². The summed E-state index contributed by atoms with van der Waals surface area (Å²) in [5, 5.41) is 35.1. The molecule has 4 atom stereocenters. The number of aromatic nitrogens is 4. The molecular formula is C24H35ClN8O5. The molecule has 14 heteroatoms. The van der Waals surface area contributed by atoms with Crippen LogP contribution in [0, 0.1) is 0 Å². The third-order valence-electron chi connectivity index (χ3n) is 6.28. The molecule has 0 aliphatic rings. The third-order valence-corrected chi connectivity index (χ3v) is 6.53. The Balaban J connectivity index is 1.61. The molecular weight excluding hydrogens is 516 g/mol. The first-order valence-corrected chi connectivity index (χ1v) is 12.6. The molecule has 0 unspecified atom stereocenters. The molecule has 0 aliphatic heterocycles. The number of imidazole rings is 1. The normalized spacial score (nSPS) is 15.0. The number of nitrogens with two attached hydrogens (primary N) is 2. The monoisotopic (exact) mass is 550 g/mol. The van der Waals surface area contributed by atoms with E-state index in [1.54, 1.807) is 0 Å². The molecule has 8 N–H and O–H groups in total. The highest BCUT2D eigenvalue weighted by atomic mass is 35.5. The van der Waals surface area contributed by atoms with Crippen molar-refractivity contribution in [2.75, 3.05) is 45.6 Å². The second kappa shape index (κ2) is 14.3. The van der Waals surface area contributed by atoms with Crippen LogP contribution in [-0.2, 0) is 16.0 Å². The molecule has 208 valence electrons. The summed E-state index contributed by atoms with van der Waals surface area (Å²) < 4.78 is 6.82. The molecule has 0 fully saturated rings. The first-order chi connectivity index (χ1) is 18.2. The molecule has 0 saturated carbocycles. The Morgan fingerprint density at radius 1 is 1.18 bits per heavy atom. The smallest absolute Gasteiger partial charge is 0.320 e. The SMILES string of the molecule is CO[C@H](CN(CCNCCc1ccc(Cl)cc1)CC[C@H](N)C(=O)O)[C@@H](O)[C@@H](O)n1cnc2c(N)ncnc21. The lowest BCUT2D eigenvalue weighted by molar-refractivity contribution is -0.138. The van der Waals surface area contributed by atoms with Gasteiger partial charge in [-0.3, -0.25) is 14.3 Å². The summed E-state index contributed by atoms with van der Waals surface area (Å²) in [5.41, 5.74) is 13.3. The quantitative estimate of drug-likeness (QED) is 0.129. The van der Waals surface area contributed by atoms with Gasteiger partial charge < -0.3 is 36.8 Å².